The molecule has 1 amide bonds. The Balaban J connectivity index is 2.73. The minimum absolute atomic E-state index is 0.0146. The number of carbonyl (C=O) groups is 1. The highest BCUT2D eigenvalue weighted by Crippen LogP contribution is 2.09. The lowest BCUT2D eigenvalue weighted by Crippen LogP contribution is -2.44. The molecule has 1 N–H and O–H groups in total. The Morgan fingerprint density at radius 1 is 1.80 bits per heavy atom. The van der Waals surface area contributed by atoms with E-state index in [2.05, 4.69) is 11.9 Å². The highest BCUT2D eigenvalue weighted by molar-refractivity contribution is 5.82. The van der Waals surface area contributed by atoms with Crippen LogP contribution in [-0.4, -0.2) is 36.0 Å². The molecule has 1 fully saturated rings. The Labute approximate surface area is 90.6 Å². The Bertz CT molecular complexity index is 282. The van der Waals surface area contributed by atoms with Crippen molar-refractivity contribution in [3.05, 3.63) is 12.7 Å². The first kappa shape index (κ1) is 11.7. The lowest BCUT2D eigenvalue weighted by molar-refractivity contribution is -0.132. The number of nitrogens with one attached hydrogen (secondary N) is 1. The van der Waals surface area contributed by atoms with E-state index in [1.165, 1.54) is 0 Å². The Kier molecular flexibility index (Phi) is 4.32. The van der Waals surface area contributed by atoms with Gasteiger partial charge < -0.3 is 10.2 Å². The van der Waals surface area contributed by atoms with Gasteiger partial charge in [0.2, 0.25) is 5.91 Å². The first-order valence-corrected chi connectivity index (χ1v) is 5.21. The summed E-state index contributed by atoms with van der Waals surface area (Å²) in [6, 6.07) is 1.97. The molecule has 1 rings (SSSR count). The molecule has 82 valence electrons. The largest absolute Gasteiger partial charge is 0.338 e. The molecule has 0 aromatic carbocycles. The summed E-state index contributed by atoms with van der Waals surface area (Å²) in [7, 11) is 0. The van der Waals surface area contributed by atoms with Gasteiger partial charge in [-0.1, -0.05) is 6.08 Å². The molecule has 2 atom stereocenters. The van der Waals surface area contributed by atoms with Crippen LogP contribution < -0.4 is 5.32 Å². The van der Waals surface area contributed by atoms with Crippen LogP contribution in [0.5, 0.6) is 0 Å². The van der Waals surface area contributed by atoms with Crippen molar-refractivity contribution in [2.45, 2.75) is 31.8 Å². The zero-order valence-electron chi connectivity index (χ0n) is 9.07. The second kappa shape index (κ2) is 5.52. The number of nitrogens with zero attached hydrogens (tertiary/aromatic N) is 2. The molecule has 0 spiro atoms. The zero-order valence-corrected chi connectivity index (χ0v) is 9.07. The number of nitriles is 1. The minimum Gasteiger partial charge on any atom is -0.338 e. The topological polar surface area (TPSA) is 56.1 Å². The molecule has 0 aliphatic carbocycles. The number of carbonyl (C=O) groups excluding carboxylic acids is 1. The van der Waals surface area contributed by atoms with Crippen LogP contribution in [0.1, 0.15) is 19.8 Å². The average Bonchev–Trinajstić information content (AvgIpc) is 2.33. The Hall–Kier alpha value is -1.34. The van der Waals surface area contributed by atoms with E-state index in [-0.39, 0.29) is 24.4 Å². The first-order valence-electron chi connectivity index (χ1n) is 5.21. The van der Waals surface area contributed by atoms with Crippen molar-refractivity contribution in [3.63, 3.8) is 0 Å². The SMILES string of the molecule is C=CCN1CCC(C)NC(CC#N)C1=O. The Morgan fingerprint density at radius 2 is 2.53 bits per heavy atom. The van der Waals surface area contributed by atoms with Gasteiger partial charge in [0.05, 0.1) is 12.5 Å². The van der Waals surface area contributed by atoms with Crippen molar-refractivity contribution < 1.29 is 4.79 Å². The van der Waals surface area contributed by atoms with Crippen LogP contribution >= 0.6 is 0 Å². The second-order valence-electron chi connectivity index (χ2n) is 3.84. The van der Waals surface area contributed by atoms with Crippen LogP contribution in [0.25, 0.3) is 0 Å². The van der Waals surface area contributed by atoms with Crippen LogP contribution in [0.4, 0.5) is 0 Å². The molecule has 0 aromatic rings. The fourth-order valence-corrected chi connectivity index (χ4v) is 1.75. The molecular formula is C11H17N3O. The summed E-state index contributed by atoms with van der Waals surface area (Å²) < 4.78 is 0. The quantitative estimate of drug-likeness (QED) is 0.692. The van der Waals surface area contributed by atoms with Gasteiger partial charge in [-0.3, -0.25) is 4.79 Å². The van der Waals surface area contributed by atoms with Crippen LogP contribution in [0.2, 0.25) is 0 Å². The summed E-state index contributed by atoms with van der Waals surface area (Å²) in [6.07, 6.45) is 2.87. The summed E-state index contributed by atoms with van der Waals surface area (Å²) >= 11 is 0. The molecule has 1 saturated heterocycles. The van der Waals surface area contributed by atoms with Crippen molar-refractivity contribution >= 4 is 5.91 Å². The van der Waals surface area contributed by atoms with Gasteiger partial charge in [0.15, 0.2) is 0 Å². The van der Waals surface area contributed by atoms with Crippen molar-refractivity contribution in [1.82, 2.24) is 10.2 Å². The molecule has 0 radical (unpaired) electrons. The maximum atomic E-state index is 11.9. The summed E-state index contributed by atoms with van der Waals surface area (Å²) in [5.41, 5.74) is 0. The lowest BCUT2D eigenvalue weighted by atomic mass is 10.2. The lowest BCUT2D eigenvalue weighted by Gasteiger charge is -2.21. The maximum Gasteiger partial charge on any atom is 0.241 e. The van der Waals surface area contributed by atoms with Gasteiger partial charge in [-0.15, -0.1) is 6.58 Å². The molecule has 0 aromatic heterocycles. The van der Waals surface area contributed by atoms with Gasteiger partial charge in [0.1, 0.15) is 6.04 Å². The molecule has 1 aliphatic rings. The maximum absolute atomic E-state index is 11.9. The van der Waals surface area contributed by atoms with Gasteiger partial charge in [-0.25, -0.2) is 0 Å². The van der Waals surface area contributed by atoms with Crippen molar-refractivity contribution in [2.75, 3.05) is 13.1 Å². The fourth-order valence-electron chi connectivity index (χ4n) is 1.75. The van der Waals surface area contributed by atoms with E-state index >= 15 is 0 Å². The molecule has 1 heterocycles. The van der Waals surface area contributed by atoms with Gasteiger partial charge in [0.25, 0.3) is 0 Å². The van der Waals surface area contributed by atoms with Crippen LogP contribution in [0.15, 0.2) is 12.7 Å². The van der Waals surface area contributed by atoms with Gasteiger partial charge >= 0.3 is 0 Å². The number of hydrogen-bond donors (Lipinski definition) is 1. The van der Waals surface area contributed by atoms with Crippen LogP contribution in [0.3, 0.4) is 0 Å². The monoisotopic (exact) mass is 207 g/mol. The number of amides is 1. The smallest absolute Gasteiger partial charge is 0.241 e. The first-order chi connectivity index (χ1) is 7.19. The van der Waals surface area contributed by atoms with E-state index in [1.54, 1.807) is 11.0 Å². The van der Waals surface area contributed by atoms with Gasteiger partial charge in [-0.2, -0.15) is 5.26 Å². The van der Waals surface area contributed by atoms with Gasteiger partial charge in [0, 0.05) is 19.1 Å². The fraction of sp³-hybridized carbons (Fsp3) is 0.636. The molecule has 1 aliphatic heterocycles. The van der Waals surface area contributed by atoms with E-state index < -0.39 is 0 Å². The molecule has 4 heteroatoms. The molecule has 4 nitrogen and oxygen atoms in total. The Morgan fingerprint density at radius 3 is 3.13 bits per heavy atom. The molecule has 15 heavy (non-hydrogen) atoms. The van der Waals surface area contributed by atoms with Crippen molar-refractivity contribution in [1.29, 1.82) is 5.26 Å². The summed E-state index contributed by atoms with van der Waals surface area (Å²) in [5, 5.41) is 11.8. The van der Waals surface area contributed by atoms with E-state index in [4.69, 9.17) is 5.26 Å². The van der Waals surface area contributed by atoms with Crippen molar-refractivity contribution in [2.24, 2.45) is 0 Å². The van der Waals surface area contributed by atoms with Gasteiger partial charge in [-0.05, 0) is 13.3 Å². The van der Waals surface area contributed by atoms with Crippen LogP contribution in [-0.2, 0) is 4.79 Å². The predicted octanol–water partition coefficient (Wildman–Crippen LogP) is 0.665. The number of rotatable bonds is 3. The second-order valence-corrected chi connectivity index (χ2v) is 3.84. The van der Waals surface area contributed by atoms with Crippen LogP contribution in [0, 0.1) is 11.3 Å². The summed E-state index contributed by atoms with van der Waals surface area (Å²) in [6.45, 7) is 6.97. The molecule has 2 unspecified atom stereocenters. The molecule has 0 bridgehead atoms. The highest BCUT2D eigenvalue weighted by Gasteiger charge is 2.28. The number of hydrogen-bond acceptors (Lipinski definition) is 3. The molecule has 0 saturated carbocycles. The third kappa shape index (κ3) is 3.07. The van der Waals surface area contributed by atoms with E-state index in [0.717, 1.165) is 13.0 Å². The highest BCUT2D eigenvalue weighted by atomic mass is 16.2. The standard InChI is InChI=1S/C11H17N3O/c1-3-7-14-8-5-9(2)13-10(4-6-12)11(14)15/h3,9-10,13H,1,4-5,7-8H2,2H3. The van der Waals surface area contributed by atoms with E-state index in [1.807, 2.05) is 13.0 Å². The predicted molar refractivity (Wildman–Crippen MR) is 58.0 cm³/mol. The average molecular weight is 207 g/mol. The summed E-state index contributed by atoms with van der Waals surface area (Å²) in [4.78, 5) is 13.7. The zero-order chi connectivity index (χ0) is 11.3. The third-order valence-corrected chi connectivity index (χ3v) is 2.57. The third-order valence-electron chi connectivity index (χ3n) is 2.57. The van der Waals surface area contributed by atoms with E-state index in [0.29, 0.717) is 6.54 Å². The van der Waals surface area contributed by atoms with E-state index in [9.17, 15) is 4.79 Å². The minimum atomic E-state index is -0.354. The normalized spacial score (nSPS) is 26.9. The van der Waals surface area contributed by atoms with Crippen molar-refractivity contribution in [3.8, 4) is 6.07 Å². The summed E-state index contributed by atoms with van der Waals surface area (Å²) in [5.74, 6) is 0.0146. The molecular weight excluding hydrogens is 190 g/mol.